The highest BCUT2D eigenvalue weighted by Crippen LogP contribution is 2.24. The Bertz CT molecular complexity index is 592. The molecule has 1 aliphatic rings. The zero-order chi connectivity index (χ0) is 13.9. The molecule has 4 heteroatoms. The Balaban J connectivity index is 1.76. The molecular weight excluding hydrogens is 252 g/mol. The van der Waals surface area contributed by atoms with Crippen molar-refractivity contribution in [1.29, 1.82) is 0 Å². The zero-order valence-electron chi connectivity index (χ0n) is 11.8. The number of rotatable bonds is 3. The standard InChI is InChI=1S/C16H20N2O2/c1-12-14(8-15(9-17)20-12)11-18-6-7-19-16-5-3-2-4-13(16)10-18/h2-5,8H,6-7,9-11,17H2,1H3. The zero-order valence-corrected chi connectivity index (χ0v) is 11.8. The first-order valence-corrected chi connectivity index (χ1v) is 6.97. The lowest BCUT2D eigenvalue weighted by molar-refractivity contribution is 0.218. The summed E-state index contributed by atoms with van der Waals surface area (Å²) >= 11 is 0. The van der Waals surface area contributed by atoms with Crippen molar-refractivity contribution in [2.75, 3.05) is 13.2 Å². The number of para-hydroxylation sites is 1. The predicted molar refractivity (Wildman–Crippen MR) is 77.4 cm³/mol. The third-order valence-corrected chi connectivity index (χ3v) is 3.70. The highest BCUT2D eigenvalue weighted by Gasteiger charge is 2.17. The molecule has 0 radical (unpaired) electrons. The summed E-state index contributed by atoms with van der Waals surface area (Å²) < 4.78 is 11.4. The summed E-state index contributed by atoms with van der Waals surface area (Å²) in [5.74, 6) is 2.81. The molecule has 0 aliphatic carbocycles. The van der Waals surface area contributed by atoms with Crippen LogP contribution >= 0.6 is 0 Å². The van der Waals surface area contributed by atoms with E-state index >= 15 is 0 Å². The molecule has 0 atom stereocenters. The number of hydrogen-bond donors (Lipinski definition) is 1. The highest BCUT2D eigenvalue weighted by molar-refractivity contribution is 5.34. The van der Waals surface area contributed by atoms with Gasteiger partial charge in [0.05, 0.1) is 6.54 Å². The minimum atomic E-state index is 0.451. The Labute approximate surface area is 119 Å². The Hall–Kier alpha value is -1.78. The van der Waals surface area contributed by atoms with Crippen molar-refractivity contribution in [3.63, 3.8) is 0 Å². The van der Waals surface area contributed by atoms with Gasteiger partial charge in [0.25, 0.3) is 0 Å². The third-order valence-electron chi connectivity index (χ3n) is 3.70. The maximum absolute atomic E-state index is 5.79. The molecule has 1 aliphatic heterocycles. The van der Waals surface area contributed by atoms with Gasteiger partial charge in [-0.2, -0.15) is 0 Å². The average Bonchev–Trinajstić information content (AvgIpc) is 2.69. The summed E-state index contributed by atoms with van der Waals surface area (Å²) in [6, 6.07) is 10.3. The fourth-order valence-electron chi connectivity index (χ4n) is 2.60. The Morgan fingerprint density at radius 2 is 2.15 bits per heavy atom. The summed E-state index contributed by atoms with van der Waals surface area (Å²) in [6.07, 6.45) is 0. The van der Waals surface area contributed by atoms with E-state index in [0.717, 1.165) is 43.5 Å². The van der Waals surface area contributed by atoms with Crippen LogP contribution in [-0.2, 0) is 19.6 Å². The smallest absolute Gasteiger partial charge is 0.123 e. The van der Waals surface area contributed by atoms with Gasteiger partial charge in [-0.25, -0.2) is 0 Å². The number of furan rings is 1. The van der Waals surface area contributed by atoms with Crippen molar-refractivity contribution >= 4 is 0 Å². The van der Waals surface area contributed by atoms with Crippen LogP contribution < -0.4 is 10.5 Å². The number of ether oxygens (including phenoxy) is 1. The molecule has 0 amide bonds. The van der Waals surface area contributed by atoms with E-state index in [9.17, 15) is 0 Å². The first-order valence-electron chi connectivity index (χ1n) is 6.97. The second kappa shape index (κ2) is 5.69. The van der Waals surface area contributed by atoms with Gasteiger partial charge < -0.3 is 14.9 Å². The van der Waals surface area contributed by atoms with Crippen LogP contribution in [0, 0.1) is 6.92 Å². The van der Waals surface area contributed by atoms with Gasteiger partial charge in [-0.3, -0.25) is 4.90 Å². The van der Waals surface area contributed by atoms with Crippen molar-refractivity contribution in [2.24, 2.45) is 5.73 Å². The molecule has 0 saturated heterocycles. The lowest BCUT2D eigenvalue weighted by atomic mass is 10.1. The lowest BCUT2D eigenvalue weighted by Gasteiger charge is -2.18. The third kappa shape index (κ3) is 2.71. The van der Waals surface area contributed by atoms with Crippen LogP contribution in [0.2, 0.25) is 0 Å². The summed E-state index contributed by atoms with van der Waals surface area (Å²) in [5, 5.41) is 0. The maximum Gasteiger partial charge on any atom is 0.123 e. The van der Waals surface area contributed by atoms with Crippen LogP contribution in [0.3, 0.4) is 0 Å². The van der Waals surface area contributed by atoms with Crippen molar-refractivity contribution < 1.29 is 9.15 Å². The Morgan fingerprint density at radius 3 is 2.95 bits per heavy atom. The fourth-order valence-corrected chi connectivity index (χ4v) is 2.60. The molecule has 4 nitrogen and oxygen atoms in total. The summed E-state index contributed by atoms with van der Waals surface area (Å²) in [4.78, 5) is 2.38. The van der Waals surface area contributed by atoms with Crippen LogP contribution in [0.4, 0.5) is 0 Å². The SMILES string of the molecule is Cc1oc(CN)cc1CN1CCOc2ccccc2C1. The normalized spacial score (nSPS) is 15.5. The van der Waals surface area contributed by atoms with E-state index in [4.69, 9.17) is 14.9 Å². The Kier molecular flexibility index (Phi) is 3.76. The van der Waals surface area contributed by atoms with Gasteiger partial charge in [0.1, 0.15) is 23.9 Å². The van der Waals surface area contributed by atoms with Gasteiger partial charge in [-0.15, -0.1) is 0 Å². The van der Waals surface area contributed by atoms with Crippen LogP contribution in [-0.4, -0.2) is 18.1 Å². The largest absolute Gasteiger partial charge is 0.492 e. The Morgan fingerprint density at radius 1 is 1.30 bits per heavy atom. The first kappa shape index (κ1) is 13.2. The molecule has 1 aromatic carbocycles. The van der Waals surface area contributed by atoms with Gasteiger partial charge in [-0.1, -0.05) is 18.2 Å². The maximum atomic E-state index is 5.79. The summed E-state index contributed by atoms with van der Waals surface area (Å²) in [5.41, 5.74) is 8.08. The van der Waals surface area contributed by atoms with E-state index in [1.807, 2.05) is 19.1 Å². The monoisotopic (exact) mass is 272 g/mol. The molecular formula is C16H20N2O2. The number of benzene rings is 1. The second-order valence-corrected chi connectivity index (χ2v) is 5.17. The molecule has 2 aromatic rings. The highest BCUT2D eigenvalue weighted by atomic mass is 16.5. The van der Waals surface area contributed by atoms with Crippen LogP contribution in [0.25, 0.3) is 0 Å². The van der Waals surface area contributed by atoms with Gasteiger partial charge in [0, 0.05) is 30.8 Å². The number of hydrogen-bond acceptors (Lipinski definition) is 4. The van der Waals surface area contributed by atoms with Crippen LogP contribution in [0.1, 0.15) is 22.6 Å². The van der Waals surface area contributed by atoms with Gasteiger partial charge >= 0.3 is 0 Å². The van der Waals surface area contributed by atoms with Crippen molar-refractivity contribution in [3.8, 4) is 5.75 Å². The van der Waals surface area contributed by atoms with E-state index in [-0.39, 0.29) is 0 Å². The molecule has 0 saturated carbocycles. The lowest BCUT2D eigenvalue weighted by Crippen LogP contribution is -2.25. The minimum absolute atomic E-state index is 0.451. The molecule has 0 spiro atoms. The molecule has 0 bridgehead atoms. The average molecular weight is 272 g/mol. The fraction of sp³-hybridized carbons (Fsp3) is 0.375. The van der Waals surface area contributed by atoms with Gasteiger partial charge in [-0.05, 0) is 19.1 Å². The van der Waals surface area contributed by atoms with E-state index in [0.29, 0.717) is 6.54 Å². The van der Waals surface area contributed by atoms with E-state index in [1.54, 1.807) is 0 Å². The van der Waals surface area contributed by atoms with Crippen LogP contribution in [0.15, 0.2) is 34.7 Å². The number of nitrogens with two attached hydrogens (primary N) is 1. The van der Waals surface area contributed by atoms with Crippen molar-refractivity contribution in [2.45, 2.75) is 26.6 Å². The molecule has 1 aromatic heterocycles. The molecule has 0 fully saturated rings. The predicted octanol–water partition coefficient (Wildman–Crippen LogP) is 2.44. The topological polar surface area (TPSA) is 51.6 Å². The molecule has 106 valence electrons. The molecule has 20 heavy (non-hydrogen) atoms. The molecule has 0 unspecified atom stereocenters. The van der Waals surface area contributed by atoms with E-state index in [1.165, 1.54) is 11.1 Å². The van der Waals surface area contributed by atoms with E-state index in [2.05, 4.69) is 23.1 Å². The molecule has 3 rings (SSSR count). The number of nitrogens with zero attached hydrogens (tertiary/aromatic N) is 1. The number of aryl methyl sites for hydroxylation is 1. The summed E-state index contributed by atoms with van der Waals surface area (Å²) in [7, 11) is 0. The first-order chi connectivity index (χ1) is 9.76. The second-order valence-electron chi connectivity index (χ2n) is 5.17. The van der Waals surface area contributed by atoms with Crippen molar-refractivity contribution in [3.05, 3.63) is 53.0 Å². The minimum Gasteiger partial charge on any atom is -0.492 e. The van der Waals surface area contributed by atoms with E-state index < -0.39 is 0 Å². The number of fused-ring (bicyclic) bond motifs is 1. The summed E-state index contributed by atoms with van der Waals surface area (Å²) in [6.45, 7) is 5.85. The molecule has 2 N–H and O–H groups in total. The quantitative estimate of drug-likeness (QED) is 0.932. The van der Waals surface area contributed by atoms with Crippen molar-refractivity contribution in [1.82, 2.24) is 4.90 Å². The van der Waals surface area contributed by atoms with Gasteiger partial charge in [0.2, 0.25) is 0 Å². The van der Waals surface area contributed by atoms with Gasteiger partial charge in [0.15, 0.2) is 0 Å². The van der Waals surface area contributed by atoms with Crippen LogP contribution in [0.5, 0.6) is 5.75 Å². The molecule has 2 heterocycles.